The smallest absolute Gasteiger partial charge is 0.160 e. The first-order valence-corrected chi connectivity index (χ1v) is 7.14. The third-order valence-corrected chi connectivity index (χ3v) is 3.53. The van der Waals surface area contributed by atoms with Gasteiger partial charge in [-0.05, 0) is 19.1 Å². The molecule has 3 rings (SSSR count). The predicted octanol–water partition coefficient (Wildman–Crippen LogP) is 5.08. The van der Waals surface area contributed by atoms with Crippen LogP contribution in [-0.2, 0) is 0 Å². The van der Waals surface area contributed by atoms with Gasteiger partial charge in [-0.3, -0.25) is 0 Å². The normalized spacial score (nSPS) is 11.2. The lowest BCUT2D eigenvalue weighted by atomic mass is 10.1. The van der Waals surface area contributed by atoms with Crippen molar-refractivity contribution in [1.82, 2.24) is 9.97 Å². The van der Waals surface area contributed by atoms with Crippen molar-refractivity contribution in [3.63, 3.8) is 0 Å². The molecule has 4 heteroatoms. The lowest BCUT2D eigenvalue weighted by molar-refractivity contribution is 1.12. The number of aryl methyl sites for hydroxylation is 1. The molecule has 2 nitrogen and oxygen atoms in total. The van der Waals surface area contributed by atoms with Crippen molar-refractivity contribution < 1.29 is 0 Å². The van der Waals surface area contributed by atoms with Gasteiger partial charge in [-0.25, -0.2) is 9.97 Å². The SMILES string of the molecule is Cc1ccc2nc(-c3ccccc3)nc(C(Cl)Cl)c2c1. The monoisotopic (exact) mass is 302 g/mol. The zero-order valence-electron chi connectivity index (χ0n) is 10.8. The third-order valence-electron chi connectivity index (χ3n) is 3.12. The van der Waals surface area contributed by atoms with Crippen LogP contribution < -0.4 is 0 Å². The number of hydrogen-bond acceptors (Lipinski definition) is 2. The first-order valence-electron chi connectivity index (χ1n) is 6.27. The molecule has 0 aliphatic heterocycles. The predicted molar refractivity (Wildman–Crippen MR) is 84.2 cm³/mol. The number of halogens is 2. The van der Waals surface area contributed by atoms with Gasteiger partial charge in [0.05, 0.1) is 11.2 Å². The van der Waals surface area contributed by atoms with E-state index in [0.717, 1.165) is 22.0 Å². The van der Waals surface area contributed by atoms with Crippen LogP contribution in [0.15, 0.2) is 48.5 Å². The molecule has 0 bridgehead atoms. The van der Waals surface area contributed by atoms with Gasteiger partial charge in [0.1, 0.15) is 4.84 Å². The van der Waals surface area contributed by atoms with Crippen molar-refractivity contribution >= 4 is 34.1 Å². The summed E-state index contributed by atoms with van der Waals surface area (Å²) in [6.07, 6.45) is 0. The van der Waals surface area contributed by atoms with E-state index in [9.17, 15) is 0 Å². The minimum atomic E-state index is -0.676. The van der Waals surface area contributed by atoms with Crippen molar-refractivity contribution in [2.75, 3.05) is 0 Å². The van der Waals surface area contributed by atoms with Crippen LogP contribution in [-0.4, -0.2) is 9.97 Å². The number of aromatic nitrogens is 2. The summed E-state index contributed by atoms with van der Waals surface area (Å²) in [6, 6.07) is 15.8. The maximum Gasteiger partial charge on any atom is 0.160 e. The molecule has 0 fully saturated rings. The summed E-state index contributed by atoms with van der Waals surface area (Å²) < 4.78 is 0. The highest BCUT2D eigenvalue weighted by molar-refractivity contribution is 6.44. The Kier molecular flexibility index (Phi) is 3.60. The molecule has 0 radical (unpaired) electrons. The Morgan fingerprint density at radius 2 is 1.70 bits per heavy atom. The summed E-state index contributed by atoms with van der Waals surface area (Å²) in [5.74, 6) is 0.642. The summed E-state index contributed by atoms with van der Waals surface area (Å²) >= 11 is 12.1. The molecule has 0 spiro atoms. The summed E-state index contributed by atoms with van der Waals surface area (Å²) in [7, 11) is 0. The van der Waals surface area contributed by atoms with Crippen LogP contribution in [0.5, 0.6) is 0 Å². The number of hydrogen-bond donors (Lipinski definition) is 0. The number of alkyl halides is 2. The number of fused-ring (bicyclic) bond motifs is 1. The van der Waals surface area contributed by atoms with Crippen molar-refractivity contribution in [3.8, 4) is 11.4 Å². The van der Waals surface area contributed by atoms with Crippen molar-refractivity contribution in [3.05, 3.63) is 59.8 Å². The second kappa shape index (κ2) is 5.39. The second-order valence-electron chi connectivity index (χ2n) is 4.62. The molecule has 2 aromatic carbocycles. The Morgan fingerprint density at radius 3 is 2.40 bits per heavy atom. The number of benzene rings is 2. The van der Waals surface area contributed by atoms with Crippen molar-refractivity contribution in [1.29, 1.82) is 0 Å². The van der Waals surface area contributed by atoms with Gasteiger partial charge in [-0.15, -0.1) is 0 Å². The third kappa shape index (κ3) is 2.49. The summed E-state index contributed by atoms with van der Waals surface area (Å²) in [5, 5.41) is 0.902. The van der Waals surface area contributed by atoms with E-state index >= 15 is 0 Å². The average molecular weight is 303 g/mol. The van der Waals surface area contributed by atoms with Gasteiger partial charge in [0.15, 0.2) is 5.82 Å². The molecule has 1 heterocycles. The van der Waals surface area contributed by atoms with Gasteiger partial charge < -0.3 is 0 Å². The molecule has 0 saturated carbocycles. The van der Waals surface area contributed by atoms with Crippen molar-refractivity contribution in [2.45, 2.75) is 11.8 Å². The van der Waals surface area contributed by atoms with Crippen LogP contribution in [0, 0.1) is 6.92 Å². The molecule has 0 atom stereocenters. The zero-order valence-corrected chi connectivity index (χ0v) is 12.4. The molecule has 20 heavy (non-hydrogen) atoms. The maximum absolute atomic E-state index is 6.07. The molecule has 0 unspecified atom stereocenters. The summed E-state index contributed by atoms with van der Waals surface area (Å²) in [4.78, 5) is 8.46. The number of nitrogens with zero attached hydrogens (tertiary/aromatic N) is 2. The zero-order chi connectivity index (χ0) is 14.1. The van der Waals surface area contributed by atoms with Gasteiger partial charge in [0.2, 0.25) is 0 Å². The summed E-state index contributed by atoms with van der Waals surface area (Å²) in [5.41, 5.74) is 3.58. The molecule has 0 aliphatic rings. The van der Waals surface area contributed by atoms with Crippen LogP contribution in [0.3, 0.4) is 0 Å². The molecule has 0 saturated heterocycles. The highest BCUT2D eigenvalue weighted by atomic mass is 35.5. The Morgan fingerprint density at radius 1 is 0.950 bits per heavy atom. The van der Waals surface area contributed by atoms with Crippen LogP contribution in [0.2, 0.25) is 0 Å². The average Bonchev–Trinajstić information content (AvgIpc) is 2.47. The second-order valence-corrected chi connectivity index (χ2v) is 5.72. The molecule has 3 aromatic rings. The van der Waals surface area contributed by atoms with Gasteiger partial charge in [0, 0.05) is 10.9 Å². The first kappa shape index (κ1) is 13.3. The highest BCUT2D eigenvalue weighted by Crippen LogP contribution is 2.31. The summed E-state index contributed by atoms with van der Waals surface area (Å²) in [6.45, 7) is 2.02. The Labute approximate surface area is 127 Å². The Bertz CT molecular complexity index is 755. The van der Waals surface area contributed by atoms with Crippen LogP contribution in [0.25, 0.3) is 22.3 Å². The van der Waals surface area contributed by atoms with Gasteiger partial charge in [-0.1, -0.05) is 65.2 Å². The largest absolute Gasteiger partial charge is 0.230 e. The lowest BCUT2D eigenvalue weighted by Gasteiger charge is -2.10. The molecular formula is C16H12Cl2N2. The fourth-order valence-corrected chi connectivity index (χ4v) is 2.48. The van der Waals surface area contributed by atoms with E-state index in [4.69, 9.17) is 23.2 Å². The highest BCUT2D eigenvalue weighted by Gasteiger charge is 2.14. The van der Waals surface area contributed by atoms with Crippen LogP contribution in [0.1, 0.15) is 16.1 Å². The van der Waals surface area contributed by atoms with E-state index in [2.05, 4.69) is 9.97 Å². The first-order chi connectivity index (χ1) is 9.65. The molecule has 0 N–H and O–H groups in total. The van der Waals surface area contributed by atoms with E-state index in [-0.39, 0.29) is 0 Å². The van der Waals surface area contributed by atoms with E-state index < -0.39 is 4.84 Å². The minimum absolute atomic E-state index is 0.642. The fourth-order valence-electron chi connectivity index (χ4n) is 2.15. The van der Waals surface area contributed by atoms with Gasteiger partial charge in [0.25, 0.3) is 0 Å². The lowest BCUT2D eigenvalue weighted by Crippen LogP contribution is -1.98. The van der Waals surface area contributed by atoms with Gasteiger partial charge in [-0.2, -0.15) is 0 Å². The van der Waals surface area contributed by atoms with Crippen molar-refractivity contribution in [2.24, 2.45) is 0 Å². The maximum atomic E-state index is 6.07. The number of rotatable bonds is 2. The molecule has 100 valence electrons. The fraction of sp³-hybridized carbons (Fsp3) is 0.125. The van der Waals surface area contributed by atoms with Crippen LogP contribution in [0.4, 0.5) is 0 Å². The molecule has 1 aromatic heterocycles. The molecular weight excluding hydrogens is 291 g/mol. The van der Waals surface area contributed by atoms with E-state index in [0.29, 0.717) is 11.5 Å². The van der Waals surface area contributed by atoms with E-state index in [1.165, 1.54) is 0 Å². The minimum Gasteiger partial charge on any atom is -0.230 e. The Balaban J connectivity index is 2.29. The van der Waals surface area contributed by atoms with E-state index in [1.807, 2.05) is 55.5 Å². The Hall–Kier alpha value is -1.64. The quantitative estimate of drug-likeness (QED) is 0.617. The topological polar surface area (TPSA) is 25.8 Å². The van der Waals surface area contributed by atoms with Crippen LogP contribution >= 0.6 is 23.2 Å². The van der Waals surface area contributed by atoms with E-state index in [1.54, 1.807) is 0 Å². The van der Waals surface area contributed by atoms with Gasteiger partial charge >= 0.3 is 0 Å². The molecule has 0 aliphatic carbocycles. The molecule has 0 amide bonds. The standard InChI is InChI=1S/C16H12Cl2N2/c1-10-7-8-13-12(9-10)14(15(17)18)20-16(19-13)11-5-3-2-4-6-11/h2-9,15H,1H3.